The molecule has 0 saturated carbocycles. The summed E-state index contributed by atoms with van der Waals surface area (Å²) in [7, 11) is -3.21. The third-order valence-corrected chi connectivity index (χ3v) is 4.31. The minimum Gasteiger partial charge on any atom is -0.348 e. The summed E-state index contributed by atoms with van der Waals surface area (Å²) in [4.78, 5) is 12.2. The molecule has 1 aliphatic rings. The first-order valence-corrected chi connectivity index (χ1v) is 8.17. The maximum absolute atomic E-state index is 12.0. The van der Waals surface area contributed by atoms with Gasteiger partial charge >= 0.3 is 0 Å². The summed E-state index contributed by atoms with van der Waals surface area (Å²) in [6.07, 6.45) is 3.17. The minimum absolute atomic E-state index is 0.149. The van der Waals surface area contributed by atoms with Crippen molar-refractivity contribution in [1.29, 1.82) is 0 Å². The molecule has 2 rings (SSSR count). The molecule has 6 heteroatoms. The molecule has 1 saturated heterocycles. The van der Waals surface area contributed by atoms with Crippen LogP contribution in [0.5, 0.6) is 0 Å². The minimum atomic E-state index is -3.21. The Morgan fingerprint density at radius 1 is 1.32 bits per heavy atom. The second kappa shape index (κ2) is 5.71. The van der Waals surface area contributed by atoms with Gasteiger partial charge in [-0.1, -0.05) is 0 Å². The lowest BCUT2D eigenvalue weighted by Crippen LogP contribution is -2.45. The quantitative estimate of drug-likeness (QED) is 0.850. The summed E-state index contributed by atoms with van der Waals surface area (Å²) in [6.45, 7) is 1.78. The largest absolute Gasteiger partial charge is 0.348 e. The van der Waals surface area contributed by atoms with Crippen LogP contribution in [0.25, 0.3) is 0 Å². The molecule has 1 aliphatic heterocycles. The van der Waals surface area contributed by atoms with Crippen LogP contribution in [-0.2, 0) is 9.84 Å². The number of rotatable bonds is 3. The monoisotopic (exact) mass is 282 g/mol. The SMILES string of the molecule is CS(=O)(=O)c1ccc(C(=O)N[C@H]2CCCNC2)cc1. The standard InChI is InChI=1S/C13H18N2O3S/c1-19(17,18)12-6-4-10(5-7-12)13(16)15-11-3-2-8-14-9-11/h4-7,11,14H,2-3,8-9H2,1H3,(H,15,16)/t11-/m0/s1. The van der Waals surface area contributed by atoms with E-state index in [1.807, 2.05) is 0 Å². The highest BCUT2D eigenvalue weighted by Crippen LogP contribution is 2.11. The van der Waals surface area contributed by atoms with E-state index >= 15 is 0 Å². The van der Waals surface area contributed by atoms with Crippen LogP contribution in [0.4, 0.5) is 0 Å². The Morgan fingerprint density at radius 2 is 2.00 bits per heavy atom. The molecule has 0 bridgehead atoms. The Bertz CT molecular complexity index is 546. The van der Waals surface area contributed by atoms with E-state index in [0.717, 1.165) is 32.2 Å². The van der Waals surface area contributed by atoms with Gasteiger partial charge in [0, 0.05) is 24.4 Å². The average molecular weight is 282 g/mol. The van der Waals surface area contributed by atoms with Crippen molar-refractivity contribution >= 4 is 15.7 Å². The molecule has 0 spiro atoms. The van der Waals surface area contributed by atoms with Gasteiger partial charge in [-0.3, -0.25) is 4.79 Å². The summed E-state index contributed by atoms with van der Waals surface area (Å²) in [6, 6.07) is 6.16. The van der Waals surface area contributed by atoms with Crippen molar-refractivity contribution in [1.82, 2.24) is 10.6 Å². The van der Waals surface area contributed by atoms with E-state index in [4.69, 9.17) is 0 Å². The van der Waals surface area contributed by atoms with Gasteiger partial charge in [0.25, 0.3) is 5.91 Å². The van der Waals surface area contributed by atoms with Crippen LogP contribution in [0.2, 0.25) is 0 Å². The van der Waals surface area contributed by atoms with E-state index in [-0.39, 0.29) is 16.8 Å². The van der Waals surface area contributed by atoms with Crippen molar-refractivity contribution in [3.05, 3.63) is 29.8 Å². The van der Waals surface area contributed by atoms with Crippen molar-refractivity contribution in [3.63, 3.8) is 0 Å². The molecular weight excluding hydrogens is 264 g/mol. The van der Waals surface area contributed by atoms with E-state index < -0.39 is 9.84 Å². The third kappa shape index (κ3) is 3.78. The smallest absolute Gasteiger partial charge is 0.251 e. The van der Waals surface area contributed by atoms with Crippen molar-refractivity contribution < 1.29 is 13.2 Å². The van der Waals surface area contributed by atoms with Crippen molar-refractivity contribution in [3.8, 4) is 0 Å². The fourth-order valence-corrected chi connectivity index (χ4v) is 2.73. The van der Waals surface area contributed by atoms with E-state index in [1.165, 1.54) is 12.1 Å². The first-order valence-electron chi connectivity index (χ1n) is 6.28. The van der Waals surface area contributed by atoms with Gasteiger partial charge in [0.15, 0.2) is 9.84 Å². The lowest BCUT2D eigenvalue weighted by Gasteiger charge is -2.23. The van der Waals surface area contributed by atoms with Crippen LogP contribution in [0, 0.1) is 0 Å². The molecule has 5 nitrogen and oxygen atoms in total. The van der Waals surface area contributed by atoms with Crippen LogP contribution >= 0.6 is 0 Å². The van der Waals surface area contributed by atoms with E-state index in [0.29, 0.717) is 5.56 Å². The highest BCUT2D eigenvalue weighted by atomic mass is 32.2. The summed E-state index contributed by atoms with van der Waals surface area (Å²) < 4.78 is 22.6. The van der Waals surface area contributed by atoms with Crippen molar-refractivity contribution in [2.45, 2.75) is 23.8 Å². The van der Waals surface area contributed by atoms with Crippen LogP contribution in [0.15, 0.2) is 29.2 Å². The predicted molar refractivity (Wildman–Crippen MR) is 72.9 cm³/mol. The fourth-order valence-electron chi connectivity index (χ4n) is 2.10. The molecule has 2 N–H and O–H groups in total. The van der Waals surface area contributed by atoms with Gasteiger partial charge in [-0.05, 0) is 43.7 Å². The predicted octanol–water partition coefficient (Wildman–Crippen LogP) is 0.572. The summed E-state index contributed by atoms with van der Waals surface area (Å²) in [5, 5.41) is 6.17. The molecule has 1 heterocycles. The van der Waals surface area contributed by atoms with Crippen LogP contribution in [0.3, 0.4) is 0 Å². The number of amides is 1. The Balaban J connectivity index is 2.03. The van der Waals surface area contributed by atoms with Crippen molar-refractivity contribution in [2.75, 3.05) is 19.3 Å². The molecule has 0 unspecified atom stereocenters. The van der Waals surface area contributed by atoms with E-state index in [9.17, 15) is 13.2 Å². The zero-order chi connectivity index (χ0) is 13.9. The van der Waals surface area contributed by atoms with E-state index in [1.54, 1.807) is 12.1 Å². The lowest BCUT2D eigenvalue weighted by molar-refractivity contribution is 0.0930. The van der Waals surface area contributed by atoms with Crippen LogP contribution in [-0.4, -0.2) is 39.7 Å². The average Bonchev–Trinajstić information content (AvgIpc) is 2.39. The second-order valence-corrected chi connectivity index (χ2v) is 6.83. The molecular formula is C13H18N2O3S. The van der Waals surface area contributed by atoms with Gasteiger partial charge in [-0.2, -0.15) is 0 Å². The molecule has 0 radical (unpaired) electrons. The van der Waals surface area contributed by atoms with Gasteiger partial charge in [0.1, 0.15) is 0 Å². The van der Waals surface area contributed by atoms with E-state index in [2.05, 4.69) is 10.6 Å². The third-order valence-electron chi connectivity index (χ3n) is 3.18. The van der Waals surface area contributed by atoms with Crippen LogP contribution in [0.1, 0.15) is 23.2 Å². The Labute approximate surface area is 113 Å². The zero-order valence-electron chi connectivity index (χ0n) is 10.8. The molecule has 1 aromatic rings. The summed E-state index contributed by atoms with van der Waals surface area (Å²) >= 11 is 0. The highest BCUT2D eigenvalue weighted by Gasteiger charge is 2.16. The number of benzene rings is 1. The van der Waals surface area contributed by atoms with Gasteiger partial charge in [0.05, 0.1) is 4.90 Å². The molecule has 19 heavy (non-hydrogen) atoms. The first-order chi connectivity index (χ1) is 8.97. The molecule has 1 atom stereocenters. The molecule has 1 fully saturated rings. The molecule has 104 valence electrons. The van der Waals surface area contributed by atoms with Gasteiger partial charge in [0.2, 0.25) is 0 Å². The summed E-state index contributed by atoms with van der Waals surface area (Å²) in [5.41, 5.74) is 0.484. The molecule has 1 aromatic carbocycles. The fraction of sp³-hybridized carbons (Fsp3) is 0.462. The number of hydrogen-bond acceptors (Lipinski definition) is 4. The second-order valence-electron chi connectivity index (χ2n) is 4.81. The summed E-state index contributed by atoms with van der Waals surface area (Å²) in [5.74, 6) is -0.159. The zero-order valence-corrected chi connectivity index (χ0v) is 11.7. The van der Waals surface area contributed by atoms with Crippen molar-refractivity contribution in [2.24, 2.45) is 0 Å². The number of hydrogen-bond donors (Lipinski definition) is 2. The first kappa shape index (κ1) is 14.0. The topological polar surface area (TPSA) is 75.3 Å². The van der Waals surface area contributed by atoms with Gasteiger partial charge < -0.3 is 10.6 Å². The normalized spacial score (nSPS) is 19.9. The number of carbonyl (C=O) groups is 1. The lowest BCUT2D eigenvalue weighted by atomic mass is 10.1. The Hall–Kier alpha value is -1.40. The molecule has 0 aliphatic carbocycles. The van der Waals surface area contributed by atoms with Gasteiger partial charge in [-0.15, -0.1) is 0 Å². The Morgan fingerprint density at radius 3 is 2.53 bits per heavy atom. The number of carbonyl (C=O) groups excluding carboxylic acids is 1. The van der Waals surface area contributed by atoms with Gasteiger partial charge in [-0.25, -0.2) is 8.42 Å². The Kier molecular flexibility index (Phi) is 4.21. The number of sulfone groups is 1. The maximum Gasteiger partial charge on any atom is 0.251 e. The molecule has 0 aromatic heterocycles. The maximum atomic E-state index is 12.0. The number of nitrogens with one attached hydrogen (secondary N) is 2. The number of piperidine rings is 1. The van der Waals surface area contributed by atoms with Crippen LogP contribution < -0.4 is 10.6 Å². The highest BCUT2D eigenvalue weighted by molar-refractivity contribution is 7.90. The molecule has 1 amide bonds.